The number of carboxylic acid groups (broad SMARTS) is 1. The second-order valence-electron chi connectivity index (χ2n) is 4.91. The number of aryl methyl sites for hydroxylation is 1. The summed E-state index contributed by atoms with van der Waals surface area (Å²) in [5, 5.41) is 14.4. The first-order valence-corrected chi connectivity index (χ1v) is 9.29. The van der Waals surface area contributed by atoms with Crippen LogP contribution in [0.5, 0.6) is 0 Å². The third-order valence-corrected chi connectivity index (χ3v) is 7.06. The molecule has 118 valence electrons. The van der Waals surface area contributed by atoms with Crippen LogP contribution in [0.1, 0.15) is 22.5 Å². The molecule has 9 nitrogen and oxygen atoms in total. The van der Waals surface area contributed by atoms with Crippen LogP contribution in [0.15, 0.2) is 5.03 Å². The number of hydrogen-bond donors (Lipinski definition) is 2. The van der Waals surface area contributed by atoms with Gasteiger partial charge in [0.1, 0.15) is 5.56 Å². The quantitative estimate of drug-likeness (QED) is 0.735. The van der Waals surface area contributed by atoms with E-state index in [1.54, 1.807) is 0 Å². The van der Waals surface area contributed by atoms with E-state index in [4.69, 9.17) is 5.11 Å². The van der Waals surface area contributed by atoms with Gasteiger partial charge in [-0.05, 0) is 13.3 Å². The summed E-state index contributed by atoms with van der Waals surface area (Å²) in [7, 11) is -6.20. The fourth-order valence-corrected chi connectivity index (χ4v) is 5.61. The summed E-state index contributed by atoms with van der Waals surface area (Å²) in [4.78, 5) is 11.2. The smallest absolute Gasteiger partial charge is 0.340 e. The van der Waals surface area contributed by atoms with Gasteiger partial charge in [0.15, 0.2) is 9.84 Å². The number of aromatic nitrogens is 2. The molecule has 1 aliphatic heterocycles. The monoisotopic (exact) mass is 337 g/mol. The number of nitrogens with zero attached hydrogens (tertiary/aromatic N) is 2. The Morgan fingerprint density at radius 1 is 1.48 bits per heavy atom. The molecule has 2 rings (SSSR count). The number of rotatable bonds is 4. The van der Waals surface area contributed by atoms with Crippen molar-refractivity contribution in [2.75, 3.05) is 18.6 Å². The number of aromatic carboxylic acids is 1. The Balaban J connectivity index is 2.41. The van der Waals surface area contributed by atoms with Gasteiger partial charge in [0.2, 0.25) is 5.03 Å². The van der Waals surface area contributed by atoms with Gasteiger partial charge in [-0.3, -0.25) is 5.10 Å². The van der Waals surface area contributed by atoms with Gasteiger partial charge in [-0.15, -0.1) is 0 Å². The van der Waals surface area contributed by atoms with E-state index in [0.717, 1.165) is 4.31 Å². The first kappa shape index (κ1) is 15.9. The van der Waals surface area contributed by atoms with E-state index in [9.17, 15) is 21.6 Å². The van der Waals surface area contributed by atoms with Crippen LogP contribution in [-0.4, -0.2) is 67.0 Å². The van der Waals surface area contributed by atoms with E-state index in [-0.39, 0.29) is 23.6 Å². The van der Waals surface area contributed by atoms with Crippen molar-refractivity contribution in [2.45, 2.75) is 24.4 Å². The lowest BCUT2D eigenvalue weighted by molar-refractivity contribution is 0.0691. The molecule has 2 heterocycles. The van der Waals surface area contributed by atoms with Gasteiger partial charge < -0.3 is 5.11 Å². The van der Waals surface area contributed by atoms with Crippen molar-refractivity contribution >= 4 is 25.8 Å². The molecule has 1 fully saturated rings. The summed E-state index contributed by atoms with van der Waals surface area (Å²) in [5.74, 6) is -1.76. The zero-order valence-corrected chi connectivity index (χ0v) is 13.0. The molecule has 0 aliphatic carbocycles. The SMILES string of the molecule is Cc1[nH]nc(S(=O)(=O)N(C)C2CCS(=O)(=O)C2)c1C(=O)O. The summed E-state index contributed by atoms with van der Waals surface area (Å²) in [6.07, 6.45) is 0.184. The summed E-state index contributed by atoms with van der Waals surface area (Å²) >= 11 is 0. The van der Waals surface area contributed by atoms with Crippen molar-refractivity contribution in [1.82, 2.24) is 14.5 Å². The summed E-state index contributed by atoms with van der Waals surface area (Å²) in [5.41, 5.74) is -0.309. The zero-order valence-electron chi connectivity index (χ0n) is 11.4. The van der Waals surface area contributed by atoms with Crippen molar-refractivity contribution in [3.05, 3.63) is 11.3 Å². The van der Waals surface area contributed by atoms with Crippen LogP contribution in [-0.2, 0) is 19.9 Å². The number of carboxylic acids is 1. The molecule has 1 aliphatic rings. The molecular formula is C10H15N3O6S2. The molecular weight excluding hydrogens is 322 g/mol. The lowest BCUT2D eigenvalue weighted by Gasteiger charge is -2.21. The van der Waals surface area contributed by atoms with Crippen molar-refractivity contribution < 1.29 is 26.7 Å². The van der Waals surface area contributed by atoms with E-state index >= 15 is 0 Å². The average molecular weight is 337 g/mol. The highest BCUT2D eigenvalue weighted by Gasteiger charge is 2.39. The summed E-state index contributed by atoms with van der Waals surface area (Å²) in [6, 6.07) is -0.710. The fraction of sp³-hybridized carbons (Fsp3) is 0.600. The molecule has 1 atom stereocenters. The maximum atomic E-state index is 12.5. The van der Waals surface area contributed by atoms with E-state index in [0.29, 0.717) is 0 Å². The first-order valence-electron chi connectivity index (χ1n) is 6.03. The van der Waals surface area contributed by atoms with E-state index < -0.39 is 42.5 Å². The van der Waals surface area contributed by atoms with Crippen LogP contribution in [0.3, 0.4) is 0 Å². The Morgan fingerprint density at radius 2 is 2.10 bits per heavy atom. The van der Waals surface area contributed by atoms with Gasteiger partial charge >= 0.3 is 5.97 Å². The number of sulfonamides is 1. The molecule has 1 aromatic rings. The number of carbonyl (C=O) groups is 1. The summed E-state index contributed by atoms with van der Waals surface area (Å²) in [6.45, 7) is 1.40. The highest BCUT2D eigenvalue weighted by molar-refractivity contribution is 7.92. The minimum absolute atomic E-state index is 0.0804. The highest BCUT2D eigenvalue weighted by atomic mass is 32.2. The van der Waals surface area contributed by atoms with E-state index in [2.05, 4.69) is 10.2 Å². The third kappa shape index (κ3) is 2.80. The maximum Gasteiger partial charge on any atom is 0.340 e. The van der Waals surface area contributed by atoms with Crippen molar-refractivity contribution in [3.8, 4) is 0 Å². The summed E-state index contributed by atoms with van der Waals surface area (Å²) < 4.78 is 48.7. The molecule has 0 bridgehead atoms. The molecule has 0 saturated carbocycles. The number of hydrogen-bond acceptors (Lipinski definition) is 6. The normalized spacial score (nSPS) is 21.8. The van der Waals surface area contributed by atoms with Crippen molar-refractivity contribution in [2.24, 2.45) is 0 Å². The van der Waals surface area contributed by atoms with Crippen LogP contribution in [0.25, 0.3) is 0 Å². The van der Waals surface area contributed by atoms with Gasteiger partial charge in [-0.2, -0.15) is 9.40 Å². The van der Waals surface area contributed by atoms with Crippen LogP contribution < -0.4 is 0 Å². The second-order valence-corrected chi connectivity index (χ2v) is 9.05. The van der Waals surface area contributed by atoms with Gasteiger partial charge in [0, 0.05) is 18.8 Å². The number of sulfone groups is 1. The average Bonchev–Trinajstić information content (AvgIpc) is 2.91. The molecule has 1 unspecified atom stereocenters. The van der Waals surface area contributed by atoms with Crippen molar-refractivity contribution in [1.29, 1.82) is 0 Å². The van der Waals surface area contributed by atoms with Crippen LogP contribution in [0.4, 0.5) is 0 Å². The third-order valence-electron chi connectivity index (χ3n) is 3.47. The Hall–Kier alpha value is -1.46. The topological polar surface area (TPSA) is 137 Å². The largest absolute Gasteiger partial charge is 0.478 e. The molecule has 0 aromatic carbocycles. The predicted octanol–water partition coefficient (Wildman–Crippen LogP) is -0.776. The van der Waals surface area contributed by atoms with E-state index in [1.807, 2.05) is 0 Å². The van der Waals surface area contributed by atoms with Crippen molar-refractivity contribution in [3.63, 3.8) is 0 Å². The van der Waals surface area contributed by atoms with Crippen LogP contribution in [0, 0.1) is 6.92 Å². The Morgan fingerprint density at radius 3 is 2.57 bits per heavy atom. The Kier molecular flexibility index (Phi) is 3.84. The van der Waals surface area contributed by atoms with Gasteiger partial charge in [-0.25, -0.2) is 21.6 Å². The van der Waals surface area contributed by atoms with Gasteiger partial charge in [0.05, 0.1) is 11.5 Å². The molecule has 1 aromatic heterocycles. The lowest BCUT2D eigenvalue weighted by Crippen LogP contribution is -2.38. The molecule has 0 spiro atoms. The number of nitrogens with one attached hydrogen (secondary N) is 1. The molecule has 0 radical (unpaired) electrons. The van der Waals surface area contributed by atoms with Gasteiger partial charge in [-0.1, -0.05) is 0 Å². The first-order chi connectivity index (χ1) is 9.56. The molecule has 11 heteroatoms. The van der Waals surface area contributed by atoms with E-state index in [1.165, 1.54) is 14.0 Å². The number of aromatic amines is 1. The number of H-pyrrole nitrogens is 1. The lowest BCUT2D eigenvalue weighted by atomic mass is 10.3. The second kappa shape index (κ2) is 5.07. The minimum Gasteiger partial charge on any atom is -0.478 e. The minimum atomic E-state index is -4.18. The zero-order chi connectivity index (χ0) is 16.0. The predicted molar refractivity (Wildman–Crippen MR) is 72.3 cm³/mol. The molecule has 0 amide bonds. The molecule has 1 saturated heterocycles. The Bertz CT molecular complexity index is 780. The standard InChI is InChI=1S/C10H15N3O6S2/c1-6-8(10(14)15)9(12-11-6)21(18,19)13(2)7-3-4-20(16,17)5-7/h7H,3-5H2,1-2H3,(H,11,12)(H,14,15). The van der Waals surface area contributed by atoms with Crippen LogP contribution in [0.2, 0.25) is 0 Å². The van der Waals surface area contributed by atoms with Crippen LogP contribution >= 0.6 is 0 Å². The maximum absolute atomic E-state index is 12.5. The fourth-order valence-electron chi connectivity index (χ4n) is 2.24. The van der Waals surface area contributed by atoms with Gasteiger partial charge in [0.25, 0.3) is 10.0 Å². The highest BCUT2D eigenvalue weighted by Crippen LogP contribution is 2.25. The molecule has 21 heavy (non-hydrogen) atoms. The Labute approximate surface area is 121 Å². The molecule has 2 N–H and O–H groups in total.